The number of alkyl halides is 2. The molecule has 1 aromatic rings. The molecule has 0 aliphatic carbocycles. The third-order valence-electron chi connectivity index (χ3n) is 3.42. The molecule has 1 aliphatic heterocycles. The van der Waals surface area contributed by atoms with Crippen molar-refractivity contribution < 1.29 is 27.9 Å². The van der Waals surface area contributed by atoms with Gasteiger partial charge in [0.25, 0.3) is 0 Å². The number of hydrogen-bond donors (Lipinski definition) is 2. The zero-order valence-electron chi connectivity index (χ0n) is 11.1. The van der Waals surface area contributed by atoms with Gasteiger partial charge in [-0.05, 0) is 12.1 Å². The average Bonchev–Trinajstić information content (AvgIpc) is 2.47. The lowest BCUT2D eigenvalue weighted by Gasteiger charge is -2.35. The number of halogens is 3. The van der Waals surface area contributed by atoms with Crippen LogP contribution in [0.25, 0.3) is 0 Å². The van der Waals surface area contributed by atoms with E-state index in [0.717, 1.165) is 12.1 Å². The Balaban J connectivity index is 2.47. The Morgan fingerprint density at radius 2 is 2.14 bits per heavy atom. The normalized spacial score (nSPS) is 20.2. The maximum absolute atomic E-state index is 14.1. The predicted octanol–water partition coefficient (Wildman–Crippen LogP) is 1.43. The van der Waals surface area contributed by atoms with Crippen LogP contribution in [0.2, 0.25) is 0 Å². The number of phenols is 1. The van der Waals surface area contributed by atoms with Gasteiger partial charge in [0, 0.05) is 0 Å². The highest BCUT2D eigenvalue weighted by molar-refractivity contribution is 5.96. The Morgan fingerprint density at radius 3 is 2.64 bits per heavy atom. The molecule has 2 rings (SSSR count). The minimum atomic E-state index is -1.66. The second-order valence-corrected chi connectivity index (χ2v) is 4.85. The fourth-order valence-corrected chi connectivity index (χ4v) is 1.91. The molecule has 0 radical (unpaired) electrons. The Kier molecular flexibility index (Phi) is 4.22. The van der Waals surface area contributed by atoms with Gasteiger partial charge in [-0.3, -0.25) is 18.9 Å². The van der Waals surface area contributed by atoms with Crippen molar-refractivity contribution in [2.75, 3.05) is 20.0 Å². The third kappa shape index (κ3) is 2.45. The van der Waals surface area contributed by atoms with Crippen LogP contribution in [0.5, 0.6) is 5.75 Å². The standard InChI is InChI=1S/C12H12F3N3O4/c13-3-12(4-14)5-22-10(17-11(12)16)6-1-2-7(19)9(8(6)15)18(20)21/h1-2,11,19H,3-5,16H2/t11-/m1/s1. The second-order valence-electron chi connectivity index (χ2n) is 4.85. The molecule has 3 N–H and O–H groups in total. The molecule has 0 bridgehead atoms. The fourth-order valence-electron chi connectivity index (χ4n) is 1.91. The van der Waals surface area contributed by atoms with Crippen molar-refractivity contribution in [3.05, 3.63) is 33.6 Å². The zero-order valence-corrected chi connectivity index (χ0v) is 11.1. The number of aromatic hydroxyl groups is 1. The number of nitro groups is 1. The SMILES string of the molecule is N[C@@H]1N=C(c2ccc(O)c([N+](=O)[O-])c2F)OCC1(CF)CF. The van der Waals surface area contributed by atoms with Crippen molar-refractivity contribution >= 4 is 11.6 Å². The van der Waals surface area contributed by atoms with Crippen molar-refractivity contribution in [3.8, 4) is 5.75 Å². The number of ether oxygens (including phenoxy) is 1. The summed E-state index contributed by atoms with van der Waals surface area (Å²) in [4.78, 5) is 13.3. The summed E-state index contributed by atoms with van der Waals surface area (Å²) in [6.07, 6.45) is -1.33. The van der Waals surface area contributed by atoms with Crippen LogP contribution in [0.3, 0.4) is 0 Å². The highest BCUT2D eigenvalue weighted by atomic mass is 19.1. The lowest BCUT2D eigenvalue weighted by atomic mass is 9.88. The van der Waals surface area contributed by atoms with E-state index in [0.29, 0.717) is 0 Å². The number of aliphatic imine (C=N–C) groups is 1. The Morgan fingerprint density at radius 1 is 1.50 bits per heavy atom. The number of nitrogens with zero attached hydrogens (tertiary/aromatic N) is 2. The lowest BCUT2D eigenvalue weighted by Crippen LogP contribution is -2.51. The molecule has 120 valence electrons. The first-order valence-electron chi connectivity index (χ1n) is 6.10. The Labute approximate surface area is 122 Å². The van der Waals surface area contributed by atoms with Crippen LogP contribution >= 0.6 is 0 Å². The molecule has 10 heteroatoms. The molecule has 0 unspecified atom stereocenters. The van der Waals surface area contributed by atoms with Crippen molar-refractivity contribution in [2.45, 2.75) is 6.17 Å². The van der Waals surface area contributed by atoms with Crippen molar-refractivity contribution in [3.63, 3.8) is 0 Å². The molecule has 1 aliphatic rings. The molecule has 0 amide bonds. The Bertz CT molecular complexity index is 634. The van der Waals surface area contributed by atoms with Crippen LogP contribution in [0.1, 0.15) is 5.56 Å². The molecule has 1 atom stereocenters. The van der Waals surface area contributed by atoms with E-state index in [-0.39, 0.29) is 0 Å². The Hall–Kier alpha value is -2.36. The summed E-state index contributed by atoms with van der Waals surface area (Å²) in [5.74, 6) is -2.65. The quantitative estimate of drug-likeness (QED) is 0.644. The molecule has 0 aromatic heterocycles. The predicted molar refractivity (Wildman–Crippen MR) is 69.6 cm³/mol. The third-order valence-corrected chi connectivity index (χ3v) is 3.42. The largest absolute Gasteiger partial charge is 0.502 e. The van der Waals surface area contributed by atoms with Gasteiger partial charge in [-0.25, -0.2) is 4.99 Å². The summed E-state index contributed by atoms with van der Waals surface area (Å²) in [6, 6.07) is 1.89. The van der Waals surface area contributed by atoms with Crippen LogP contribution < -0.4 is 5.73 Å². The van der Waals surface area contributed by atoms with E-state index in [1.165, 1.54) is 0 Å². The number of nitrogens with two attached hydrogens (primary N) is 1. The van der Waals surface area contributed by atoms with Gasteiger partial charge in [0.1, 0.15) is 26.1 Å². The summed E-state index contributed by atoms with van der Waals surface area (Å²) in [5, 5.41) is 20.0. The van der Waals surface area contributed by atoms with E-state index >= 15 is 0 Å². The zero-order chi connectivity index (χ0) is 16.5. The monoisotopic (exact) mass is 319 g/mol. The van der Waals surface area contributed by atoms with E-state index in [2.05, 4.69) is 4.99 Å². The maximum Gasteiger partial charge on any atom is 0.346 e. The molecule has 0 saturated carbocycles. The van der Waals surface area contributed by atoms with Crippen LogP contribution in [-0.2, 0) is 4.74 Å². The second kappa shape index (κ2) is 5.79. The van der Waals surface area contributed by atoms with E-state index in [1.807, 2.05) is 0 Å². The molecular weight excluding hydrogens is 307 g/mol. The van der Waals surface area contributed by atoms with Crippen molar-refractivity contribution in [1.29, 1.82) is 0 Å². The summed E-state index contributed by atoms with van der Waals surface area (Å²) in [5.41, 5.74) is 2.35. The first kappa shape index (κ1) is 16.0. The number of hydrogen-bond acceptors (Lipinski definition) is 6. The van der Waals surface area contributed by atoms with E-state index in [4.69, 9.17) is 10.5 Å². The molecule has 1 aromatic carbocycles. The molecular formula is C12H12F3N3O4. The molecule has 0 saturated heterocycles. The van der Waals surface area contributed by atoms with Gasteiger partial charge >= 0.3 is 5.69 Å². The number of rotatable bonds is 4. The molecule has 7 nitrogen and oxygen atoms in total. The number of phenolic OH excluding ortho intramolecular Hbond substituents is 1. The maximum atomic E-state index is 14.1. The number of nitro benzene ring substituents is 1. The van der Waals surface area contributed by atoms with Gasteiger partial charge in [-0.15, -0.1) is 0 Å². The topological polar surface area (TPSA) is 111 Å². The van der Waals surface area contributed by atoms with Crippen LogP contribution in [-0.4, -0.2) is 42.0 Å². The van der Waals surface area contributed by atoms with Gasteiger partial charge in [0.05, 0.1) is 15.9 Å². The van der Waals surface area contributed by atoms with Gasteiger partial charge in [0.2, 0.25) is 11.7 Å². The van der Waals surface area contributed by atoms with Crippen LogP contribution in [0, 0.1) is 21.3 Å². The molecule has 22 heavy (non-hydrogen) atoms. The van der Waals surface area contributed by atoms with E-state index in [1.54, 1.807) is 0 Å². The first-order valence-corrected chi connectivity index (χ1v) is 6.10. The average molecular weight is 319 g/mol. The van der Waals surface area contributed by atoms with Gasteiger partial charge in [-0.2, -0.15) is 4.39 Å². The highest BCUT2D eigenvalue weighted by Gasteiger charge is 2.43. The molecule has 1 heterocycles. The highest BCUT2D eigenvalue weighted by Crippen LogP contribution is 2.34. The van der Waals surface area contributed by atoms with Crippen molar-refractivity contribution in [2.24, 2.45) is 16.1 Å². The van der Waals surface area contributed by atoms with E-state index in [9.17, 15) is 28.4 Å². The summed E-state index contributed by atoms with van der Waals surface area (Å²) in [6.45, 7) is -2.74. The smallest absolute Gasteiger partial charge is 0.346 e. The number of benzene rings is 1. The van der Waals surface area contributed by atoms with Crippen LogP contribution in [0.15, 0.2) is 17.1 Å². The minimum Gasteiger partial charge on any atom is -0.502 e. The minimum absolute atomic E-state index is 0.411. The lowest BCUT2D eigenvalue weighted by molar-refractivity contribution is -0.388. The van der Waals surface area contributed by atoms with Gasteiger partial charge < -0.3 is 15.6 Å². The fraction of sp³-hybridized carbons (Fsp3) is 0.417. The summed E-state index contributed by atoms with van der Waals surface area (Å²) >= 11 is 0. The summed E-state index contributed by atoms with van der Waals surface area (Å²) < 4.78 is 45.0. The van der Waals surface area contributed by atoms with Gasteiger partial charge in [0.15, 0.2) is 5.75 Å². The molecule has 0 spiro atoms. The first-order chi connectivity index (χ1) is 10.4. The molecule has 0 fully saturated rings. The van der Waals surface area contributed by atoms with Crippen LogP contribution in [0.4, 0.5) is 18.9 Å². The van der Waals surface area contributed by atoms with Crippen molar-refractivity contribution in [1.82, 2.24) is 0 Å². The van der Waals surface area contributed by atoms with Gasteiger partial charge in [-0.1, -0.05) is 0 Å². The summed E-state index contributed by atoms with van der Waals surface area (Å²) in [7, 11) is 0. The van der Waals surface area contributed by atoms with E-state index < -0.39 is 65.2 Å².